The van der Waals surface area contributed by atoms with E-state index in [0.717, 1.165) is 34.9 Å². The molecule has 140 valence electrons. The lowest BCUT2D eigenvalue weighted by molar-refractivity contribution is -0.118. The minimum absolute atomic E-state index is 0.0726. The lowest BCUT2D eigenvalue weighted by Crippen LogP contribution is -2.27. The molecule has 0 saturated carbocycles. The zero-order chi connectivity index (χ0) is 19.1. The molecule has 0 aliphatic rings. The van der Waals surface area contributed by atoms with Gasteiger partial charge in [0, 0.05) is 24.2 Å². The minimum Gasteiger partial charge on any atom is -0.355 e. The van der Waals surface area contributed by atoms with Crippen LogP contribution >= 0.6 is 11.8 Å². The van der Waals surface area contributed by atoms with Gasteiger partial charge in [-0.15, -0.1) is 11.8 Å². The Morgan fingerprint density at radius 2 is 1.89 bits per heavy atom. The van der Waals surface area contributed by atoms with Gasteiger partial charge in [0.2, 0.25) is 5.91 Å². The van der Waals surface area contributed by atoms with E-state index in [1.54, 1.807) is 18.0 Å². The molecule has 1 N–H and O–H groups in total. The molecule has 0 unspecified atom stereocenters. The number of aromatic nitrogens is 3. The number of hydrogen-bond donors (Lipinski definition) is 1. The van der Waals surface area contributed by atoms with Crippen molar-refractivity contribution >= 4 is 17.7 Å². The quantitative estimate of drug-likeness (QED) is 0.650. The number of benzene rings is 1. The highest BCUT2D eigenvalue weighted by Gasteiger charge is 2.13. The Hall–Kier alpha value is -2.60. The Morgan fingerprint density at radius 1 is 1.11 bits per heavy atom. The van der Waals surface area contributed by atoms with Crippen LogP contribution in [0, 0.1) is 13.8 Å². The molecule has 3 aromatic rings. The van der Waals surface area contributed by atoms with Gasteiger partial charge in [-0.25, -0.2) is 9.67 Å². The first-order chi connectivity index (χ1) is 13.1. The van der Waals surface area contributed by atoms with Crippen molar-refractivity contribution in [3.05, 3.63) is 77.2 Å². The number of nitrogens with zero attached hydrogens (tertiary/aromatic N) is 3. The number of rotatable bonds is 8. The van der Waals surface area contributed by atoms with E-state index in [2.05, 4.69) is 27.5 Å². The molecule has 0 atom stereocenters. The SMILES string of the molecule is Cc1nn(-c2ccccn2)c(C)c1CCNC(=O)CSCc1ccccc1. The molecule has 27 heavy (non-hydrogen) atoms. The molecule has 0 radical (unpaired) electrons. The van der Waals surface area contributed by atoms with Crippen molar-refractivity contribution in [1.82, 2.24) is 20.1 Å². The van der Waals surface area contributed by atoms with Crippen LogP contribution in [0.25, 0.3) is 5.82 Å². The number of thioether (sulfide) groups is 1. The van der Waals surface area contributed by atoms with Crippen LogP contribution < -0.4 is 5.32 Å². The second-order valence-electron chi connectivity index (χ2n) is 6.33. The Balaban J connectivity index is 1.47. The molecule has 1 amide bonds. The van der Waals surface area contributed by atoms with E-state index < -0.39 is 0 Å². The first-order valence-electron chi connectivity index (χ1n) is 9.00. The maximum absolute atomic E-state index is 12.1. The normalized spacial score (nSPS) is 10.7. The summed E-state index contributed by atoms with van der Waals surface area (Å²) in [5, 5.41) is 7.61. The zero-order valence-corrected chi connectivity index (χ0v) is 16.5. The van der Waals surface area contributed by atoms with Crippen LogP contribution in [0.2, 0.25) is 0 Å². The van der Waals surface area contributed by atoms with Crippen molar-refractivity contribution < 1.29 is 4.79 Å². The summed E-state index contributed by atoms with van der Waals surface area (Å²) in [5.74, 6) is 2.21. The molecule has 5 nitrogen and oxygen atoms in total. The molecular weight excluding hydrogens is 356 g/mol. The monoisotopic (exact) mass is 380 g/mol. The van der Waals surface area contributed by atoms with Crippen molar-refractivity contribution in [3.8, 4) is 5.82 Å². The fraction of sp³-hybridized carbons (Fsp3) is 0.286. The number of carbonyl (C=O) groups is 1. The fourth-order valence-corrected chi connectivity index (χ4v) is 3.77. The van der Waals surface area contributed by atoms with Gasteiger partial charge in [0.1, 0.15) is 0 Å². The molecule has 0 aliphatic carbocycles. The van der Waals surface area contributed by atoms with Crippen LogP contribution in [-0.4, -0.2) is 33.0 Å². The summed E-state index contributed by atoms with van der Waals surface area (Å²) in [6.07, 6.45) is 2.53. The maximum Gasteiger partial charge on any atom is 0.230 e. The first-order valence-corrected chi connectivity index (χ1v) is 10.2. The van der Waals surface area contributed by atoms with Crippen LogP contribution in [0.4, 0.5) is 0 Å². The summed E-state index contributed by atoms with van der Waals surface area (Å²) >= 11 is 1.63. The van der Waals surface area contributed by atoms with Gasteiger partial charge in [0.05, 0.1) is 11.4 Å². The van der Waals surface area contributed by atoms with Crippen LogP contribution in [0.15, 0.2) is 54.7 Å². The molecule has 2 aromatic heterocycles. The van der Waals surface area contributed by atoms with Gasteiger partial charge in [-0.3, -0.25) is 4.79 Å². The van der Waals surface area contributed by atoms with E-state index >= 15 is 0 Å². The van der Waals surface area contributed by atoms with E-state index in [4.69, 9.17) is 0 Å². The highest BCUT2D eigenvalue weighted by atomic mass is 32.2. The highest BCUT2D eigenvalue weighted by molar-refractivity contribution is 7.99. The number of hydrogen-bond acceptors (Lipinski definition) is 4. The summed E-state index contributed by atoms with van der Waals surface area (Å²) in [4.78, 5) is 16.4. The van der Waals surface area contributed by atoms with Crippen LogP contribution in [0.3, 0.4) is 0 Å². The predicted molar refractivity (Wildman–Crippen MR) is 110 cm³/mol. The largest absolute Gasteiger partial charge is 0.355 e. The van der Waals surface area contributed by atoms with Crippen molar-refractivity contribution in [3.63, 3.8) is 0 Å². The predicted octanol–water partition coefficient (Wildman–Crippen LogP) is 3.48. The summed E-state index contributed by atoms with van der Waals surface area (Å²) in [6.45, 7) is 4.65. The van der Waals surface area contributed by atoms with Crippen LogP contribution in [0.5, 0.6) is 0 Å². The molecule has 0 saturated heterocycles. The van der Waals surface area contributed by atoms with E-state index in [0.29, 0.717) is 12.3 Å². The number of aryl methyl sites for hydroxylation is 1. The van der Waals surface area contributed by atoms with Gasteiger partial charge in [-0.1, -0.05) is 36.4 Å². The summed E-state index contributed by atoms with van der Waals surface area (Å²) < 4.78 is 1.86. The van der Waals surface area contributed by atoms with Crippen molar-refractivity contribution in [1.29, 1.82) is 0 Å². The Bertz CT molecular complexity index is 878. The van der Waals surface area contributed by atoms with E-state index in [9.17, 15) is 4.79 Å². The molecule has 0 spiro atoms. The lowest BCUT2D eigenvalue weighted by Gasteiger charge is -2.07. The molecule has 6 heteroatoms. The van der Waals surface area contributed by atoms with Gasteiger partial charge < -0.3 is 5.32 Å². The minimum atomic E-state index is 0.0726. The van der Waals surface area contributed by atoms with Crippen molar-refractivity contribution in [2.75, 3.05) is 12.3 Å². The molecular formula is C21H24N4OS. The second kappa shape index (κ2) is 9.37. The van der Waals surface area contributed by atoms with Crippen LogP contribution in [-0.2, 0) is 17.0 Å². The van der Waals surface area contributed by atoms with Crippen molar-refractivity contribution in [2.45, 2.75) is 26.0 Å². The van der Waals surface area contributed by atoms with Gasteiger partial charge in [-0.2, -0.15) is 5.10 Å². The molecule has 0 bridgehead atoms. The average molecular weight is 381 g/mol. The third-order valence-electron chi connectivity index (χ3n) is 4.35. The van der Waals surface area contributed by atoms with Crippen LogP contribution in [0.1, 0.15) is 22.5 Å². The number of nitrogens with one attached hydrogen (secondary N) is 1. The summed E-state index contributed by atoms with van der Waals surface area (Å²) in [5.41, 5.74) is 4.45. The Morgan fingerprint density at radius 3 is 2.63 bits per heavy atom. The Labute approximate surface area is 164 Å². The van der Waals surface area contributed by atoms with E-state index in [1.165, 1.54) is 5.56 Å². The molecule has 0 fully saturated rings. The molecule has 2 heterocycles. The van der Waals surface area contributed by atoms with Gasteiger partial charge in [0.25, 0.3) is 0 Å². The standard InChI is InChI=1S/C21H24N4OS/c1-16-19(17(2)25(24-16)20-10-6-7-12-22-20)11-13-23-21(26)15-27-14-18-8-4-3-5-9-18/h3-10,12H,11,13-15H2,1-2H3,(H,23,26). The highest BCUT2D eigenvalue weighted by Crippen LogP contribution is 2.17. The van der Waals surface area contributed by atoms with Gasteiger partial charge >= 0.3 is 0 Å². The fourth-order valence-electron chi connectivity index (χ4n) is 2.95. The molecule has 1 aromatic carbocycles. The Kier molecular flexibility index (Phi) is 6.65. The molecule has 3 rings (SSSR count). The topological polar surface area (TPSA) is 59.8 Å². The second-order valence-corrected chi connectivity index (χ2v) is 7.31. The third kappa shape index (κ3) is 5.20. The van der Waals surface area contributed by atoms with Crippen molar-refractivity contribution in [2.24, 2.45) is 0 Å². The van der Waals surface area contributed by atoms with Gasteiger partial charge in [0.15, 0.2) is 5.82 Å². The number of pyridine rings is 1. The maximum atomic E-state index is 12.1. The van der Waals surface area contributed by atoms with E-state index in [-0.39, 0.29) is 5.91 Å². The smallest absolute Gasteiger partial charge is 0.230 e. The average Bonchev–Trinajstić information content (AvgIpc) is 2.98. The van der Waals surface area contributed by atoms with E-state index in [1.807, 2.05) is 54.9 Å². The summed E-state index contributed by atoms with van der Waals surface area (Å²) in [6, 6.07) is 16.0. The lowest BCUT2D eigenvalue weighted by atomic mass is 10.1. The zero-order valence-electron chi connectivity index (χ0n) is 15.7. The number of carbonyl (C=O) groups excluding carboxylic acids is 1. The number of amides is 1. The third-order valence-corrected chi connectivity index (χ3v) is 5.35. The summed E-state index contributed by atoms with van der Waals surface area (Å²) in [7, 11) is 0. The molecule has 0 aliphatic heterocycles. The van der Waals surface area contributed by atoms with Gasteiger partial charge in [-0.05, 0) is 43.5 Å². The first kappa shape index (κ1) is 19.2.